The molecule has 0 aliphatic carbocycles. The monoisotopic (exact) mass is 331 g/mol. The molecule has 0 aliphatic rings. The molecule has 0 aliphatic heterocycles. The fourth-order valence-electron chi connectivity index (χ4n) is 2.27. The molecule has 0 saturated heterocycles. The molecule has 7 heteroatoms. The Morgan fingerprint density at radius 3 is 2.67 bits per heavy atom. The van der Waals surface area contributed by atoms with Crippen molar-refractivity contribution in [1.29, 1.82) is 0 Å². The molecule has 2 aromatic carbocycles. The second kappa shape index (κ2) is 7.65. The number of hydrogen-bond acceptors (Lipinski definition) is 4. The van der Waals surface area contributed by atoms with E-state index in [9.17, 15) is 19.3 Å². The van der Waals surface area contributed by atoms with Gasteiger partial charge >= 0.3 is 0 Å². The van der Waals surface area contributed by atoms with Crippen molar-refractivity contribution in [2.24, 2.45) is 0 Å². The van der Waals surface area contributed by atoms with E-state index in [1.807, 2.05) is 0 Å². The number of rotatable bonds is 6. The summed E-state index contributed by atoms with van der Waals surface area (Å²) < 4.78 is 13.7. The molecule has 6 nitrogen and oxygen atoms in total. The average Bonchev–Trinajstić information content (AvgIpc) is 2.54. The van der Waals surface area contributed by atoms with Crippen molar-refractivity contribution in [3.63, 3.8) is 0 Å². The van der Waals surface area contributed by atoms with Gasteiger partial charge in [0.2, 0.25) is 5.91 Å². The summed E-state index contributed by atoms with van der Waals surface area (Å²) in [5, 5.41) is 16.4. The molecule has 0 heterocycles. The Labute approximate surface area is 138 Å². The number of carbonyl (C=O) groups is 1. The van der Waals surface area contributed by atoms with Crippen molar-refractivity contribution < 1.29 is 14.1 Å². The first-order valence-corrected chi connectivity index (χ1v) is 7.41. The van der Waals surface area contributed by atoms with Gasteiger partial charge in [0.05, 0.1) is 11.5 Å². The van der Waals surface area contributed by atoms with Crippen LogP contribution in [0.5, 0.6) is 0 Å². The summed E-state index contributed by atoms with van der Waals surface area (Å²) in [4.78, 5) is 22.5. The van der Waals surface area contributed by atoms with Crippen LogP contribution in [-0.2, 0) is 4.79 Å². The van der Waals surface area contributed by atoms with Gasteiger partial charge < -0.3 is 10.6 Å². The third-order valence-electron chi connectivity index (χ3n) is 3.56. The fraction of sp³-hybridized carbons (Fsp3) is 0.235. The van der Waals surface area contributed by atoms with E-state index in [1.165, 1.54) is 18.2 Å². The van der Waals surface area contributed by atoms with Gasteiger partial charge in [0.1, 0.15) is 11.5 Å². The minimum atomic E-state index is -0.544. The standard InChI is InChI=1S/C17H18FN3O3/c1-11-7-8-15(16(9-11)21(23)24)20-17(22)10-19-12(2)13-5-3-4-6-14(13)18/h3-9,12,19H,10H2,1-2H3,(H,20,22). The zero-order valence-corrected chi connectivity index (χ0v) is 13.4. The van der Waals surface area contributed by atoms with Crippen LogP contribution in [0, 0.1) is 22.9 Å². The normalized spacial score (nSPS) is 11.8. The highest BCUT2D eigenvalue weighted by molar-refractivity contribution is 5.94. The summed E-state index contributed by atoms with van der Waals surface area (Å²) >= 11 is 0. The number of anilines is 1. The number of nitro groups is 1. The molecule has 1 unspecified atom stereocenters. The minimum Gasteiger partial charge on any atom is -0.319 e. The molecule has 2 aromatic rings. The number of nitrogens with one attached hydrogen (secondary N) is 2. The molecule has 0 saturated carbocycles. The van der Waals surface area contributed by atoms with Gasteiger partial charge in [0, 0.05) is 17.7 Å². The van der Waals surface area contributed by atoms with E-state index in [4.69, 9.17) is 0 Å². The second-order valence-corrected chi connectivity index (χ2v) is 5.45. The van der Waals surface area contributed by atoms with Gasteiger partial charge in [0.15, 0.2) is 0 Å². The first-order chi connectivity index (χ1) is 11.4. The van der Waals surface area contributed by atoms with Gasteiger partial charge in [-0.25, -0.2) is 4.39 Å². The Kier molecular flexibility index (Phi) is 5.59. The number of hydrogen-bond donors (Lipinski definition) is 2. The van der Waals surface area contributed by atoms with Gasteiger partial charge in [-0.1, -0.05) is 24.3 Å². The molecule has 2 N–H and O–H groups in total. The molecule has 0 spiro atoms. The Bertz CT molecular complexity index is 764. The summed E-state index contributed by atoms with van der Waals surface area (Å²) in [6, 6.07) is 10.5. The van der Waals surface area contributed by atoms with Crippen molar-refractivity contribution in [3.8, 4) is 0 Å². The van der Waals surface area contributed by atoms with Crippen LogP contribution in [0.1, 0.15) is 24.1 Å². The Hall–Kier alpha value is -2.80. The van der Waals surface area contributed by atoms with Crippen LogP contribution in [-0.4, -0.2) is 17.4 Å². The molecule has 1 amide bonds. The maximum Gasteiger partial charge on any atom is 0.293 e. The number of amides is 1. The predicted octanol–water partition coefficient (Wildman–Crippen LogP) is 3.33. The molecular formula is C17H18FN3O3. The van der Waals surface area contributed by atoms with Gasteiger partial charge in [-0.3, -0.25) is 14.9 Å². The van der Waals surface area contributed by atoms with E-state index in [0.29, 0.717) is 5.56 Å². The lowest BCUT2D eigenvalue weighted by Gasteiger charge is -2.15. The third kappa shape index (κ3) is 4.36. The number of nitrogens with zero attached hydrogens (tertiary/aromatic N) is 1. The average molecular weight is 331 g/mol. The lowest BCUT2D eigenvalue weighted by Crippen LogP contribution is -2.30. The van der Waals surface area contributed by atoms with Crippen LogP contribution in [0.3, 0.4) is 0 Å². The van der Waals surface area contributed by atoms with Gasteiger partial charge in [0.25, 0.3) is 5.69 Å². The summed E-state index contributed by atoms with van der Waals surface area (Å²) in [6.07, 6.45) is 0. The summed E-state index contributed by atoms with van der Waals surface area (Å²) in [5.74, 6) is -0.794. The van der Waals surface area contributed by atoms with Gasteiger partial charge in [-0.15, -0.1) is 0 Å². The van der Waals surface area contributed by atoms with E-state index in [1.54, 1.807) is 38.1 Å². The molecular weight excluding hydrogens is 313 g/mol. The van der Waals surface area contributed by atoms with Crippen molar-refractivity contribution in [2.45, 2.75) is 19.9 Å². The number of aryl methyl sites for hydroxylation is 1. The zero-order chi connectivity index (χ0) is 17.7. The Morgan fingerprint density at radius 1 is 1.29 bits per heavy atom. The Balaban J connectivity index is 1.99. The highest BCUT2D eigenvalue weighted by atomic mass is 19.1. The maximum absolute atomic E-state index is 13.7. The summed E-state index contributed by atoms with van der Waals surface area (Å²) in [5.41, 5.74) is 1.15. The van der Waals surface area contributed by atoms with E-state index in [-0.39, 0.29) is 29.8 Å². The molecule has 126 valence electrons. The van der Waals surface area contributed by atoms with E-state index >= 15 is 0 Å². The molecule has 24 heavy (non-hydrogen) atoms. The molecule has 2 rings (SSSR count). The van der Waals surface area contributed by atoms with E-state index in [0.717, 1.165) is 5.56 Å². The van der Waals surface area contributed by atoms with Crippen LogP contribution in [0.2, 0.25) is 0 Å². The van der Waals surface area contributed by atoms with Crippen molar-refractivity contribution in [2.75, 3.05) is 11.9 Å². The Morgan fingerprint density at radius 2 is 2.00 bits per heavy atom. The van der Waals surface area contributed by atoms with Crippen LogP contribution in [0.4, 0.5) is 15.8 Å². The number of halogens is 1. The van der Waals surface area contributed by atoms with E-state index < -0.39 is 10.8 Å². The van der Waals surface area contributed by atoms with E-state index in [2.05, 4.69) is 10.6 Å². The molecule has 0 fully saturated rings. The lowest BCUT2D eigenvalue weighted by atomic mass is 10.1. The van der Waals surface area contributed by atoms with Crippen molar-refractivity contribution in [3.05, 3.63) is 69.5 Å². The molecule has 0 aromatic heterocycles. The van der Waals surface area contributed by atoms with Crippen LogP contribution in [0.15, 0.2) is 42.5 Å². The number of nitro benzene ring substituents is 1. The number of benzene rings is 2. The maximum atomic E-state index is 13.7. The lowest BCUT2D eigenvalue weighted by molar-refractivity contribution is -0.384. The fourth-order valence-corrected chi connectivity index (χ4v) is 2.27. The van der Waals surface area contributed by atoms with Gasteiger partial charge in [-0.2, -0.15) is 0 Å². The first-order valence-electron chi connectivity index (χ1n) is 7.41. The first kappa shape index (κ1) is 17.6. The van der Waals surface area contributed by atoms with Crippen LogP contribution >= 0.6 is 0 Å². The molecule has 1 atom stereocenters. The summed E-state index contributed by atoms with van der Waals surface area (Å²) in [7, 11) is 0. The van der Waals surface area contributed by atoms with Crippen molar-refractivity contribution in [1.82, 2.24) is 5.32 Å². The second-order valence-electron chi connectivity index (χ2n) is 5.45. The quantitative estimate of drug-likeness (QED) is 0.628. The molecule has 0 radical (unpaired) electrons. The van der Waals surface area contributed by atoms with Crippen LogP contribution < -0.4 is 10.6 Å². The highest BCUT2D eigenvalue weighted by Crippen LogP contribution is 2.25. The van der Waals surface area contributed by atoms with Crippen LogP contribution in [0.25, 0.3) is 0 Å². The molecule has 0 bridgehead atoms. The number of carbonyl (C=O) groups excluding carboxylic acids is 1. The predicted molar refractivity (Wildman–Crippen MR) is 89.3 cm³/mol. The third-order valence-corrected chi connectivity index (χ3v) is 3.56. The summed E-state index contributed by atoms with van der Waals surface area (Å²) in [6.45, 7) is 3.37. The SMILES string of the molecule is Cc1ccc(NC(=O)CNC(C)c2ccccc2F)c([N+](=O)[O-])c1. The van der Waals surface area contributed by atoms with Gasteiger partial charge in [-0.05, 0) is 31.5 Å². The highest BCUT2D eigenvalue weighted by Gasteiger charge is 2.17. The smallest absolute Gasteiger partial charge is 0.293 e. The largest absolute Gasteiger partial charge is 0.319 e. The topological polar surface area (TPSA) is 84.3 Å². The van der Waals surface area contributed by atoms with Crippen molar-refractivity contribution >= 4 is 17.3 Å². The zero-order valence-electron chi connectivity index (χ0n) is 13.4. The minimum absolute atomic E-state index is 0.0967.